The van der Waals surface area contributed by atoms with Gasteiger partial charge in [-0.1, -0.05) is 35.9 Å². The molecule has 1 N–H and O–H groups in total. The summed E-state index contributed by atoms with van der Waals surface area (Å²) >= 11 is 6.55. The fourth-order valence-corrected chi connectivity index (χ4v) is 6.75. The van der Waals surface area contributed by atoms with Gasteiger partial charge in [0.05, 0.1) is 41.5 Å². The van der Waals surface area contributed by atoms with Gasteiger partial charge in [0.1, 0.15) is 17.6 Å². The number of nitrogens with zero attached hydrogens (tertiary/aromatic N) is 2. The second kappa shape index (κ2) is 10.2. The first-order chi connectivity index (χ1) is 17.6. The molecule has 1 aromatic rings. The molecule has 2 bridgehead atoms. The Morgan fingerprint density at radius 3 is 2.70 bits per heavy atom. The summed E-state index contributed by atoms with van der Waals surface area (Å²) in [7, 11) is 0. The van der Waals surface area contributed by atoms with Crippen LogP contribution >= 0.6 is 11.6 Å². The third-order valence-electron chi connectivity index (χ3n) is 8.04. The van der Waals surface area contributed by atoms with E-state index in [1.807, 2.05) is 19.9 Å². The number of fused-ring (bicyclic) bond motifs is 1. The van der Waals surface area contributed by atoms with E-state index < -0.39 is 47.0 Å². The van der Waals surface area contributed by atoms with Gasteiger partial charge >= 0.3 is 5.97 Å². The summed E-state index contributed by atoms with van der Waals surface area (Å²) in [5, 5.41) is 10.5. The smallest absolute Gasteiger partial charge is 0.312 e. The predicted octanol–water partition coefficient (Wildman–Crippen LogP) is 3.43. The van der Waals surface area contributed by atoms with Crippen molar-refractivity contribution in [1.82, 2.24) is 4.90 Å². The van der Waals surface area contributed by atoms with Crippen LogP contribution in [0.4, 0.5) is 5.69 Å². The zero-order valence-corrected chi connectivity index (χ0v) is 22.4. The molecule has 3 heterocycles. The van der Waals surface area contributed by atoms with Crippen molar-refractivity contribution in [3.63, 3.8) is 0 Å². The lowest BCUT2D eigenvalue weighted by molar-refractivity contribution is -0.160. The van der Waals surface area contributed by atoms with E-state index in [2.05, 4.69) is 13.2 Å². The minimum Gasteiger partial charge on any atom is -0.465 e. The van der Waals surface area contributed by atoms with Gasteiger partial charge in [-0.05, 0) is 51.7 Å². The second-order valence-corrected chi connectivity index (χ2v) is 10.8. The molecule has 200 valence electrons. The van der Waals surface area contributed by atoms with E-state index in [1.54, 1.807) is 31.2 Å². The number of benzene rings is 1. The molecule has 3 aliphatic rings. The molecule has 9 heteroatoms. The maximum absolute atomic E-state index is 14.5. The number of aliphatic hydroxyl groups excluding tert-OH is 1. The lowest BCUT2D eigenvalue weighted by Gasteiger charge is -2.39. The maximum Gasteiger partial charge on any atom is 0.312 e. The number of carbonyl (C=O) groups is 3. The van der Waals surface area contributed by atoms with Crippen molar-refractivity contribution in [2.45, 2.75) is 63.3 Å². The topological polar surface area (TPSA) is 96.4 Å². The third-order valence-corrected chi connectivity index (χ3v) is 8.35. The first kappa shape index (κ1) is 27.4. The minimum absolute atomic E-state index is 0.153. The normalized spacial score (nSPS) is 30.7. The van der Waals surface area contributed by atoms with E-state index >= 15 is 0 Å². The molecule has 3 saturated heterocycles. The third kappa shape index (κ3) is 4.19. The molecule has 1 aromatic carbocycles. The SMILES string of the molecule is C=CCCOC(=O)[C@H]1[C@H]2C(=O)N([C@H](C)CO)C(C(=O)N(CC=C)c3c(C)cccc3Cl)C23CC[C@]1(C)O3. The molecule has 6 atom stereocenters. The van der Waals surface area contributed by atoms with Crippen LogP contribution in [0.5, 0.6) is 0 Å². The summed E-state index contributed by atoms with van der Waals surface area (Å²) in [4.78, 5) is 44.7. The minimum atomic E-state index is -1.23. The number of hydrogen-bond acceptors (Lipinski definition) is 6. The molecule has 8 nitrogen and oxygen atoms in total. The summed E-state index contributed by atoms with van der Waals surface area (Å²) < 4.78 is 12.1. The van der Waals surface area contributed by atoms with Crippen LogP contribution in [-0.4, -0.2) is 70.8 Å². The molecule has 0 aromatic heterocycles. The maximum atomic E-state index is 14.5. The summed E-state index contributed by atoms with van der Waals surface area (Å²) in [6, 6.07) is 3.63. The van der Waals surface area contributed by atoms with Crippen LogP contribution < -0.4 is 4.90 Å². The highest BCUT2D eigenvalue weighted by atomic mass is 35.5. The van der Waals surface area contributed by atoms with Gasteiger partial charge in [-0.3, -0.25) is 14.4 Å². The van der Waals surface area contributed by atoms with Crippen LogP contribution in [0.25, 0.3) is 0 Å². The molecule has 0 aliphatic carbocycles. The highest BCUT2D eigenvalue weighted by Crippen LogP contribution is 2.63. The Bertz CT molecular complexity index is 1100. The van der Waals surface area contributed by atoms with Crippen LogP contribution in [0.1, 0.15) is 38.7 Å². The molecule has 2 amide bonds. The summed E-state index contributed by atoms with van der Waals surface area (Å²) in [6.07, 6.45) is 4.65. The van der Waals surface area contributed by atoms with Crippen molar-refractivity contribution in [3.8, 4) is 0 Å². The van der Waals surface area contributed by atoms with Crippen molar-refractivity contribution in [3.05, 3.63) is 54.1 Å². The standard InChI is InChI=1S/C28H35ClN2O6/c1-6-8-15-36-26(35)21-20-24(33)31(18(4)16-32)23(28(20)13-12-27(21,5)37-28)25(34)30(14-7-2)22-17(3)10-9-11-19(22)29/h6-7,9-11,18,20-21,23,32H,1-2,8,12-16H2,3-5H3/t18-,20+,21-,23?,27+,28?/m1/s1. The molecule has 0 radical (unpaired) electrons. The van der Waals surface area contributed by atoms with Gasteiger partial charge < -0.3 is 24.4 Å². The van der Waals surface area contributed by atoms with Crippen LogP contribution in [0.15, 0.2) is 43.5 Å². The van der Waals surface area contributed by atoms with Crippen LogP contribution in [0.2, 0.25) is 5.02 Å². The van der Waals surface area contributed by atoms with Crippen molar-refractivity contribution in [2.24, 2.45) is 11.8 Å². The average molecular weight is 531 g/mol. The Morgan fingerprint density at radius 2 is 2.08 bits per heavy atom. The Balaban J connectivity index is 1.81. The van der Waals surface area contributed by atoms with Crippen LogP contribution in [-0.2, 0) is 23.9 Å². The highest BCUT2D eigenvalue weighted by molar-refractivity contribution is 6.34. The monoisotopic (exact) mass is 530 g/mol. The predicted molar refractivity (Wildman–Crippen MR) is 140 cm³/mol. The summed E-state index contributed by atoms with van der Waals surface area (Å²) in [6.45, 7) is 12.8. The first-order valence-corrected chi connectivity index (χ1v) is 13.0. The van der Waals surface area contributed by atoms with Crippen molar-refractivity contribution in [1.29, 1.82) is 0 Å². The van der Waals surface area contributed by atoms with E-state index in [0.29, 0.717) is 30.0 Å². The number of amides is 2. The van der Waals surface area contributed by atoms with Gasteiger partial charge in [-0.2, -0.15) is 0 Å². The molecule has 3 fully saturated rings. The summed E-state index contributed by atoms with van der Waals surface area (Å²) in [5.74, 6) is -3.05. The van der Waals surface area contributed by atoms with Crippen LogP contribution in [0.3, 0.4) is 0 Å². The van der Waals surface area contributed by atoms with Gasteiger partial charge in [0.25, 0.3) is 5.91 Å². The number of halogens is 1. The van der Waals surface area contributed by atoms with Crippen molar-refractivity contribution in [2.75, 3.05) is 24.7 Å². The second-order valence-electron chi connectivity index (χ2n) is 10.4. The number of esters is 1. The van der Waals surface area contributed by atoms with Gasteiger partial charge in [0.2, 0.25) is 5.91 Å². The van der Waals surface area contributed by atoms with Crippen molar-refractivity contribution >= 4 is 35.1 Å². The van der Waals surface area contributed by atoms with E-state index in [9.17, 15) is 19.5 Å². The van der Waals surface area contributed by atoms with Gasteiger partial charge in [0, 0.05) is 6.54 Å². The van der Waals surface area contributed by atoms with E-state index in [4.69, 9.17) is 21.1 Å². The zero-order valence-electron chi connectivity index (χ0n) is 21.6. The molecule has 0 saturated carbocycles. The Morgan fingerprint density at radius 1 is 1.35 bits per heavy atom. The lowest BCUT2D eigenvalue weighted by Crippen LogP contribution is -2.58. The highest BCUT2D eigenvalue weighted by Gasteiger charge is 2.79. The molecule has 4 rings (SSSR count). The van der Waals surface area contributed by atoms with Gasteiger partial charge in [-0.15, -0.1) is 13.2 Å². The quantitative estimate of drug-likeness (QED) is 0.283. The molecule has 2 unspecified atom stereocenters. The molecule has 3 aliphatic heterocycles. The largest absolute Gasteiger partial charge is 0.465 e. The number of aliphatic hydroxyl groups is 1. The Hall–Kier alpha value is -2.68. The molecular formula is C28H35ClN2O6. The lowest BCUT2D eigenvalue weighted by atomic mass is 9.66. The van der Waals surface area contributed by atoms with Crippen LogP contribution in [0, 0.1) is 18.8 Å². The number of likely N-dealkylation sites (tertiary alicyclic amines) is 1. The van der Waals surface area contributed by atoms with E-state index in [-0.39, 0.29) is 25.7 Å². The van der Waals surface area contributed by atoms with E-state index in [1.165, 1.54) is 9.80 Å². The van der Waals surface area contributed by atoms with E-state index in [0.717, 1.165) is 5.56 Å². The zero-order chi connectivity index (χ0) is 27.1. The number of ether oxygens (including phenoxy) is 2. The number of aryl methyl sites for hydroxylation is 1. The number of hydrogen-bond donors (Lipinski definition) is 1. The van der Waals surface area contributed by atoms with Gasteiger partial charge in [-0.25, -0.2) is 0 Å². The average Bonchev–Trinajstić information content (AvgIpc) is 3.43. The fourth-order valence-electron chi connectivity index (χ4n) is 6.43. The Labute approximate surface area is 222 Å². The summed E-state index contributed by atoms with van der Waals surface area (Å²) in [5.41, 5.74) is -0.863. The Kier molecular flexibility index (Phi) is 7.57. The number of anilines is 1. The number of rotatable bonds is 10. The fraction of sp³-hybridized carbons (Fsp3) is 0.536. The number of para-hydroxylation sites is 1. The first-order valence-electron chi connectivity index (χ1n) is 12.7. The van der Waals surface area contributed by atoms with Crippen molar-refractivity contribution < 1.29 is 29.0 Å². The molecule has 37 heavy (non-hydrogen) atoms. The number of carbonyl (C=O) groups excluding carboxylic acids is 3. The molecule has 1 spiro atoms. The van der Waals surface area contributed by atoms with Gasteiger partial charge in [0.15, 0.2) is 0 Å². The molecular weight excluding hydrogens is 496 g/mol.